The first kappa shape index (κ1) is 16.1. The summed E-state index contributed by atoms with van der Waals surface area (Å²) in [6.07, 6.45) is 0.760. The summed E-state index contributed by atoms with van der Waals surface area (Å²) in [5, 5.41) is 11.0. The standard InChI is InChI=1S/C19H19NO4/c21-18(22)11-20-19(23)17-10-16(17)14-6-8-15(9-7-14)24-12-13-4-2-1-3-5-13/h1-9,16-17H,10-12H2,(H,20,23)(H,21,22). The number of hydrogen-bond donors (Lipinski definition) is 2. The van der Waals surface area contributed by atoms with E-state index in [4.69, 9.17) is 9.84 Å². The second-order valence-electron chi connectivity index (χ2n) is 5.90. The van der Waals surface area contributed by atoms with Crippen LogP contribution < -0.4 is 10.1 Å². The smallest absolute Gasteiger partial charge is 0.322 e. The van der Waals surface area contributed by atoms with Gasteiger partial charge in [-0.25, -0.2) is 0 Å². The third kappa shape index (κ3) is 4.13. The molecule has 0 radical (unpaired) electrons. The lowest BCUT2D eigenvalue weighted by Gasteiger charge is -2.07. The van der Waals surface area contributed by atoms with Crippen LogP contribution in [0.25, 0.3) is 0 Å². The maximum Gasteiger partial charge on any atom is 0.322 e. The van der Waals surface area contributed by atoms with Gasteiger partial charge in [-0.15, -0.1) is 0 Å². The quantitative estimate of drug-likeness (QED) is 0.820. The Kier molecular flexibility index (Phi) is 4.79. The molecule has 2 atom stereocenters. The molecule has 2 aromatic rings. The summed E-state index contributed by atoms with van der Waals surface area (Å²) < 4.78 is 5.74. The highest BCUT2D eigenvalue weighted by Gasteiger charge is 2.43. The number of benzene rings is 2. The molecule has 5 heteroatoms. The van der Waals surface area contributed by atoms with Gasteiger partial charge in [0.2, 0.25) is 5.91 Å². The maximum atomic E-state index is 11.8. The molecule has 24 heavy (non-hydrogen) atoms. The van der Waals surface area contributed by atoms with Crippen LogP contribution in [-0.4, -0.2) is 23.5 Å². The molecule has 0 aliphatic heterocycles. The van der Waals surface area contributed by atoms with E-state index < -0.39 is 5.97 Å². The van der Waals surface area contributed by atoms with E-state index in [0.717, 1.165) is 23.3 Å². The fourth-order valence-corrected chi connectivity index (χ4v) is 2.70. The van der Waals surface area contributed by atoms with Gasteiger partial charge in [-0.1, -0.05) is 42.5 Å². The Morgan fingerprint density at radius 2 is 1.79 bits per heavy atom. The van der Waals surface area contributed by atoms with Gasteiger partial charge in [-0.05, 0) is 35.6 Å². The molecular weight excluding hydrogens is 306 g/mol. The Hall–Kier alpha value is -2.82. The Morgan fingerprint density at radius 3 is 2.46 bits per heavy atom. The number of rotatable bonds is 7. The van der Waals surface area contributed by atoms with Gasteiger partial charge in [0, 0.05) is 5.92 Å². The van der Waals surface area contributed by atoms with E-state index in [1.807, 2.05) is 54.6 Å². The largest absolute Gasteiger partial charge is 0.489 e. The van der Waals surface area contributed by atoms with E-state index in [9.17, 15) is 9.59 Å². The zero-order valence-electron chi connectivity index (χ0n) is 13.1. The monoisotopic (exact) mass is 325 g/mol. The van der Waals surface area contributed by atoms with Crippen LogP contribution >= 0.6 is 0 Å². The molecule has 2 unspecified atom stereocenters. The number of ether oxygens (including phenoxy) is 1. The van der Waals surface area contributed by atoms with E-state index in [2.05, 4.69) is 5.32 Å². The molecule has 1 aliphatic carbocycles. The van der Waals surface area contributed by atoms with Gasteiger partial charge < -0.3 is 15.2 Å². The van der Waals surface area contributed by atoms with Crippen LogP contribution in [0, 0.1) is 5.92 Å². The number of carbonyl (C=O) groups excluding carboxylic acids is 1. The summed E-state index contributed by atoms with van der Waals surface area (Å²) in [4.78, 5) is 22.3. The number of carboxylic acid groups (broad SMARTS) is 1. The maximum absolute atomic E-state index is 11.8. The molecule has 5 nitrogen and oxygen atoms in total. The molecule has 0 heterocycles. The fourth-order valence-electron chi connectivity index (χ4n) is 2.70. The Labute approximate surface area is 140 Å². The van der Waals surface area contributed by atoms with Gasteiger partial charge in [-0.3, -0.25) is 9.59 Å². The first-order chi connectivity index (χ1) is 11.6. The summed E-state index contributed by atoms with van der Waals surface area (Å²) in [5.41, 5.74) is 2.19. The number of nitrogens with one attached hydrogen (secondary N) is 1. The Balaban J connectivity index is 1.50. The fraction of sp³-hybridized carbons (Fsp3) is 0.263. The molecule has 0 bridgehead atoms. The minimum absolute atomic E-state index is 0.125. The van der Waals surface area contributed by atoms with Crippen LogP contribution in [0.3, 0.4) is 0 Å². The molecule has 1 aliphatic rings. The lowest BCUT2D eigenvalue weighted by Crippen LogP contribution is -2.30. The average Bonchev–Trinajstić information content (AvgIpc) is 3.40. The predicted molar refractivity (Wildman–Crippen MR) is 88.7 cm³/mol. The minimum atomic E-state index is -1.03. The van der Waals surface area contributed by atoms with Crippen molar-refractivity contribution >= 4 is 11.9 Å². The van der Waals surface area contributed by atoms with Crippen molar-refractivity contribution in [2.45, 2.75) is 18.9 Å². The summed E-state index contributed by atoms with van der Waals surface area (Å²) >= 11 is 0. The van der Waals surface area contributed by atoms with Crippen molar-refractivity contribution in [3.8, 4) is 5.75 Å². The van der Waals surface area contributed by atoms with E-state index in [-0.39, 0.29) is 24.3 Å². The second-order valence-corrected chi connectivity index (χ2v) is 5.90. The van der Waals surface area contributed by atoms with Crippen molar-refractivity contribution in [2.24, 2.45) is 5.92 Å². The number of carboxylic acids is 1. The molecule has 2 aromatic carbocycles. The van der Waals surface area contributed by atoms with Crippen LogP contribution in [0.15, 0.2) is 54.6 Å². The van der Waals surface area contributed by atoms with Crippen molar-refractivity contribution < 1.29 is 19.4 Å². The third-order valence-corrected chi connectivity index (χ3v) is 4.10. The highest BCUT2D eigenvalue weighted by Crippen LogP contribution is 2.47. The third-order valence-electron chi connectivity index (χ3n) is 4.10. The van der Waals surface area contributed by atoms with Crippen LogP contribution in [0.1, 0.15) is 23.5 Å². The molecule has 0 aromatic heterocycles. The van der Waals surface area contributed by atoms with Crippen molar-refractivity contribution in [1.82, 2.24) is 5.32 Å². The van der Waals surface area contributed by atoms with Crippen LogP contribution in [0.5, 0.6) is 5.75 Å². The molecule has 2 N–H and O–H groups in total. The summed E-state index contributed by atoms with van der Waals surface area (Å²) in [6.45, 7) is 0.193. The zero-order valence-corrected chi connectivity index (χ0v) is 13.1. The SMILES string of the molecule is O=C(O)CNC(=O)C1CC1c1ccc(OCc2ccccc2)cc1. The Bertz CT molecular complexity index is 712. The molecule has 124 valence electrons. The van der Waals surface area contributed by atoms with Crippen molar-refractivity contribution in [1.29, 1.82) is 0 Å². The van der Waals surface area contributed by atoms with Crippen molar-refractivity contribution in [2.75, 3.05) is 6.54 Å². The zero-order chi connectivity index (χ0) is 16.9. The summed E-state index contributed by atoms with van der Waals surface area (Å²) in [5.74, 6) is -0.384. The molecule has 1 saturated carbocycles. The van der Waals surface area contributed by atoms with Crippen molar-refractivity contribution in [3.05, 3.63) is 65.7 Å². The molecule has 3 rings (SSSR count). The lowest BCUT2D eigenvalue weighted by molar-refractivity contribution is -0.138. The molecule has 0 spiro atoms. The van der Waals surface area contributed by atoms with E-state index in [0.29, 0.717) is 6.61 Å². The summed E-state index contributed by atoms with van der Waals surface area (Å²) in [7, 11) is 0. The number of hydrogen-bond acceptors (Lipinski definition) is 3. The van der Waals surface area contributed by atoms with Gasteiger partial charge >= 0.3 is 5.97 Å². The highest BCUT2D eigenvalue weighted by molar-refractivity contribution is 5.85. The Morgan fingerprint density at radius 1 is 1.08 bits per heavy atom. The molecule has 1 fully saturated rings. The average molecular weight is 325 g/mol. The highest BCUT2D eigenvalue weighted by atomic mass is 16.5. The number of carbonyl (C=O) groups is 2. The minimum Gasteiger partial charge on any atom is -0.489 e. The second kappa shape index (κ2) is 7.17. The van der Waals surface area contributed by atoms with Crippen molar-refractivity contribution in [3.63, 3.8) is 0 Å². The predicted octanol–water partition coefficient (Wildman–Crippen LogP) is 2.57. The van der Waals surface area contributed by atoms with Crippen LogP contribution in [-0.2, 0) is 16.2 Å². The van der Waals surface area contributed by atoms with Gasteiger partial charge in [0.05, 0.1) is 0 Å². The topological polar surface area (TPSA) is 75.6 Å². The summed E-state index contributed by atoms with van der Waals surface area (Å²) in [6, 6.07) is 17.7. The van der Waals surface area contributed by atoms with Crippen LogP contribution in [0.4, 0.5) is 0 Å². The van der Waals surface area contributed by atoms with Gasteiger partial charge in [0.15, 0.2) is 0 Å². The van der Waals surface area contributed by atoms with Gasteiger partial charge in [0.25, 0.3) is 0 Å². The lowest BCUT2D eigenvalue weighted by atomic mass is 10.1. The molecule has 0 saturated heterocycles. The van der Waals surface area contributed by atoms with E-state index in [1.54, 1.807) is 0 Å². The number of aliphatic carboxylic acids is 1. The first-order valence-electron chi connectivity index (χ1n) is 7.89. The van der Waals surface area contributed by atoms with E-state index in [1.165, 1.54) is 0 Å². The van der Waals surface area contributed by atoms with Crippen LogP contribution in [0.2, 0.25) is 0 Å². The van der Waals surface area contributed by atoms with E-state index >= 15 is 0 Å². The molecule has 1 amide bonds. The number of amides is 1. The normalized spacial score (nSPS) is 18.7. The van der Waals surface area contributed by atoms with Gasteiger partial charge in [0.1, 0.15) is 18.9 Å². The molecular formula is C19H19NO4. The van der Waals surface area contributed by atoms with Gasteiger partial charge in [-0.2, -0.15) is 0 Å². The first-order valence-corrected chi connectivity index (χ1v) is 7.89.